The molecule has 1 N–H and O–H groups in total. The first-order valence-corrected chi connectivity index (χ1v) is 8.76. The van der Waals surface area contributed by atoms with Gasteiger partial charge in [0.05, 0.1) is 17.3 Å². The summed E-state index contributed by atoms with van der Waals surface area (Å²) in [7, 11) is 0. The number of carbonyl (C=O) groups excluding carboxylic acids is 1. The fourth-order valence-electron chi connectivity index (χ4n) is 2.43. The lowest BCUT2D eigenvalue weighted by atomic mass is 10.1. The first-order valence-electron chi connectivity index (χ1n) is 7.06. The molecule has 0 saturated carbocycles. The van der Waals surface area contributed by atoms with Crippen molar-refractivity contribution < 1.29 is 9.53 Å². The van der Waals surface area contributed by atoms with E-state index in [0.29, 0.717) is 6.61 Å². The Labute approximate surface area is 131 Å². The minimum absolute atomic E-state index is 0.143. The highest BCUT2D eigenvalue weighted by atomic mass is 32.1. The van der Waals surface area contributed by atoms with Gasteiger partial charge in [-0.1, -0.05) is 0 Å². The Balaban J connectivity index is 1.59. The van der Waals surface area contributed by atoms with E-state index in [2.05, 4.69) is 15.3 Å². The largest absolute Gasteiger partial charge is 0.465 e. The molecule has 2 aromatic rings. The molecule has 2 aromatic heterocycles. The van der Waals surface area contributed by atoms with E-state index < -0.39 is 0 Å². The van der Waals surface area contributed by atoms with Crippen LogP contribution in [0.15, 0.2) is 11.6 Å². The highest BCUT2D eigenvalue weighted by Gasteiger charge is 2.33. The predicted molar refractivity (Wildman–Crippen MR) is 84.1 cm³/mol. The van der Waals surface area contributed by atoms with E-state index in [1.165, 1.54) is 4.88 Å². The molecular weight excluding hydrogens is 306 g/mol. The lowest BCUT2D eigenvalue weighted by Gasteiger charge is -2.08. The first kappa shape index (κ1) is 14.5. The van der Waals surface area contributed by atoms with Crippen molar-refractivity contribution in [2.45, 2.75) is 32.1 Å². The second-order valence-electron chi connectivity index (χ2n) is 4.77. The van der Waals surface area contributed by atoms with Crippen LogP contribution in [0.25, 0.3) is 0 Å². The smallest absolute Gasteiger partial charge is 0.315 e. The van der Waals surface area contributed by atoms with Crippen molar-refractivity contribution in [3.05, 3.63) is 27.2 Å². The maximum atomic E-state index is 11.9. The van der Waals surface area contributed by atoms with Crippen LogP contribution >= 0.6 is 22.7 Å². The monoisotopic (exact) mass is 323 g/mol. The van der Waals surface area contributed by atoms with E-state index >= 15 is 0 Å². The van der Waals surface area contributed by atoms with Gasteiger partial charge in [-0.05, 0) is 19.8 Å². The van der Waals surface area contributed by atoms with Crippen molar-refractivity contribution >= 4 is 33.8 Å². The van der Waals surface area contributed by atoms with Crippen molar-refractivity contribution in [1.82, 2.24) is 9.97 Å². The van der Waals surface area contributed by atoms with Crippen LogP contribution in [0, 0.1) is 0 Å². The molecule has 0 aromatic carbocycles. The standard InChI is InChI=1S/C14H17N3O2S2/c1-2-19-13(18)9-3-4-10-12(9)17-14(21-10)16-6-5-11-15-7-8-20-11/h7-9H,2-6H2,1H3,(H,16,17). The van der Waals surface area contributed by atoms with Gasteiger partial charge in [0.25, 0.3) is 0 Å². The summed E-state index contributed by atoms with van der Waals surface area (Å²) < 4.78 is 5.12. The van der Waals surface area contributed by atoms with Crippen molar-refractivity contribution in [3.8, 4) is 0 Å². The highest BCUT2D eigenvalue weighted by molar-refractivity contribution is 7.15. The number of hydrogen-bond donors (Lipinski definition) is 1. The molecule has 3 rings (SSSR count). The molecule has 0 bridgehead atoms. The van der Waals surface area contributed by atoms with E-state index in [4.69, 9.17) is 4.74 Å². The molecule has 112 valence electrons. The number of nitrogens with zero attached hydrogens (tertiary/aromatic N) is 2. The third-order valence-corrected chi connectivity index (χ3v) is 5.32. The molecule has 1 aliphatic carbocycles. The molecule has 1 aliphatic rings. The van der Waals surface area contributed by atoms with Crippen LogP contribution in [0.2, 0.25) is 0 Å². The molecule has 0 amide bonds. The second kappa shape index (κ2) is 6.53. The van der Waals surface area contributed by atoms with E-state index in [0.717, 1.165) is 41.6 Å². The fourth-order valence-corrected chi connectivity index (χ4v) is 4.11. The summed E-state index contributed by atoms with van der Waals surface area (Å²) >= 11 is 3.31. The summed E-state index contributed by atoms with van der Waals surface area (Å²) in [6, 6.07) is 0. The summed E-state index contributed by atoms with van der Waals surface area (Å²) in [6.07, 6.45) is 4.46. The average molecular weight is 323 g/mol. The molecule has 5 nitrogen and oxygen atoms in total. The molecule has 0 aliphatic heterocycles. The predicted octanol–water partition coefficient (Wildman–Crippen LogP) is 2.85. The lowest BCUT2D eigenvalue weighted by Crippen LogP contribution is -2.14. The summed E-state index contributed by atoms with van der Waals surface area (Å²) in [4.78, 5) is 22.0. The SMILES string of the molecule is CCOC(=O)C1CCc2sc(NCCc3nccs3)nc21. The Bertz CT molecular complexity index is 610. The Hall–Kier alpha value is -1.47. The van der Waals surface area contributed by atoms with E-state index in [1.807, 2.05) is 18.5 Å². The minimum Gasteiger partial charge on any atom is -0.465 e. The summed E-state index contributed by atoms with van der Waals surface area (Å²) in [5, 5.41) is 7.32. The van der Waals surface area contributed by atoms with Crippen LogP contribution in [0.1, 0.15) is 34.8 Å². The highest BCUT2D eigenvalue weighted by Crippen LogP contribution is 2.38. The summed E-state index contributed by atoms with van der Waals surface area (Å²) in [5.74, 6) is -0.318. The Kier molecular flexibility index (Phi) is 4.50. The number of aromatic nitrogens is 2. The molecule has 0 fully saturated rings. The van der Waals surface area contributed by atoms with Gasteiger partial charge in [-0.3, -0.25) is 4.79 Å². The number of nitrogens with one attached hydrogen (secondary N) is 1. The van der Waals surface area contributed by atoms with Crippen molar-refractivity contribution in [1.29, 1.82) is 0 Å². The molecule has 1 atom stereocenters. The molecule has 0 radical (unpaired) electrons. The van der Waals surface area contributed by atoms with Crippen LogP contribution in [-0.2, 0) is 22.4 Å². The molecule has 1 unspecified atom stereocenters. The molecule has 0 saturated heterocycles. The molecule has 21 heavy (non-hydrogen) atoms. The Morgan fingerprint density at radius 1 is 1.57 bits per heavy atom. The number of fused-ring (bicyclic) bond motifs is 1. The third kappa shape index (κ3) is 3.24. The Morgan fingerprint density at radius 2 is 2.48 bits per heavy atom. The van der Waals surface area contributed by atoms with Crippen LogP contribution in [0.3, 0.4) is 0 Å². The third-order valence-electron chi connectivity index (χ3n) is 3.39. The quantitative estimate of drug-likeness (QED) is 0.828. The average Bonchev–Trinajstić information content (AvgIpc) is 3.14. The molecule has 0 spiro atoms. The summed E-state index contributed by atoms with van der Waals surface area (Å²) in [6.45, 7) is 3.07. The van der Waals surface area contributed by atoms with Crippen LogP contribution in [0.4, 0.5) is 5.13 Å². The number of anilines is 1. The van der Waals surface area contributed by atoms with Crippen molar-refractivity contribution in [2.24, 2.45) is 0 Å². The number of hydrogen-bond acceptors (Lipinski definition) is 7. The van der Waals surface area contributed by atoms with Crippen molar-refractivity contribution in [2.75, 3.05) is 18.5 Å². The van der Waals surface area contributed by atoms with E-state index in [1.54, 1.807) is 22.7 Å². The maximum absolute atomic E-state index is 11.9. The van der Waals surface area contributed by atoms with Gasteiger partial charge in [0, 0.05) is 29.4 Å². The number of aryl methyl sites for hydroxylation is 1. The number of rotatable bonds is 6. The van der Waals surface area contributed by atoms with E-state index in [-0.39, 0.29) is 11.9 Å². The zero-order chi connectivity index (χ0) is 14.7. The maximum Gasteiger partial charge on any atom is 0.315 e. The fraction of sp³-hybridized carbons (Fsp3) is 0.500. The van der Waals surface area contributed by atoms with Gasteiger partial charge in [-0.2, -0.15) is 0 Å². The molecule has 7 heteroatoms. The van der Waals surface area contributed by atoms with Gasteiger partial charge in [0.2, 0.25) is 0 Å². The topological polar surface area (TPSA) is 64.1 Å². The van der Waals surface area contributed by atoms with Gasteiger partial charge in [-0.15, -0.1) is 22.7 Å². The second-order valence-corrected chi connectivity index (χ2v) is 6.84. The van der Waals surface area contributed by atoms with Gasteiger partial charge in [0.1, 0.15) is 5.92 Å². The van der Waals surface area contributed by atoms with Gasteiger partial charge < -0.3 is 10.1 Å². The minimum atomic E-state index is -0.175. The number of ether oxygens (including phenoxy) is 1. The number of thiazole rings is 2. The van der Waals surface area contributed by atoms with Gasteiger partial charge in [0.15, 0.2) is 5.13 Å². The normalized spacial score (nSPS) is 16.7. The zero-order valence-corrected chi connectivity index (χ0v) is 13.4. The van der Waals surface area contributed by atoms with Crippen LogP contribution in [-0.4, -0.2) is 29.1 Å². The first-order chi connectivity index (χ1) is 10.3. The van der Waals surface area contributed by atoms with Gasteiger partial charge >= 0.3 is 5.97 Å². The zero-order valence-electron chi connectivity index (χ0n) is 11.8. The van der Waals surface area contributed by atoms with E-state index in [9.17, 15) is 4.79 Å². The molecule has 2 heterocycles. The van der Waals surface area contributed by atoms with Gasteiger partial charge in [-0.25, -0.2) is 9.97 Å². The molecular formula is C14H17N3O2S2. The summed E-state index contributed by atoms with van der Waals surface area (Å²) in [5.41, 5.74) is 0.912. The Morgan fingerprint density at radius 3 is 3.24 bits per heavy atom. The van der Waals surface area contributed by atoms with Crippen molar-refractivity contribution in [3.63, 3.8) is 0 Å². The number of carbonyl (C=O) groups is 1. The lowest BCUT2D eigenvalue weighted by molar-refractivity contribution is -0.145. The van der Waals surface area contributed by atoms with Crippen LogP contribution in [0.5, 0.6) is 0 Å². The van der Waals surface area contributed by atoms with Crippen LogP contribution < -0.4 is 5.32 Å². The number of esters is 1.